The minimum Gasteiger partial charge on any atom is -0.481 e. The standard InChI is InChI=1S/C31H35N3O4/c35-29(36)19-20-32-30(37)27-13-11-24(12-14-27)22-34(31(38)33-21-23-7-3-1-4-8-23)28-17-15-26(16-18-28)25-9-5-2-6-10-25/h1,3-4,7-8,11-18,25H,2,5-6,9-10,19-22H2,(H,32,37)(H,33,38)(H,35,36). The van der Waals surface area contributed by atoms with Gasteiger partial charge in [0.15, 0.2) is 0 Å². The third-order valence-electron chi connectivity index (χ3n) is 6.99. The third kappa shape index (κ3) is 7.68. The van der Waals surface area contributed by atoms with E-state index in [4.69, 9.17) is 5.11 Å². The molecule has 0 radical (unpaired) electrons. The Kier molecular flexibility index (Phi) is 9.51. The van der Waals surface area contributed by atoms with Crippen LogP contribution >= 0.6 is 0 Å². The molecule has 7 heteroatoms. The molecular formula is C31H35N3O4. The van der Waals surface area contributed by atoms with Gasteiger partial charge in [0.05, 0.1) is 13.0 Å². The smallest absolute Gasteiger partial charge is 0.322 e. The normalized spacial score (nSPS) is 13.5. The number of anilines is 1. The van der Waals surface area contributed by atoms with Crippen LogP contribution < -0.4 is 15.5 Å². The number of carbonyl (C=O) groups is 3. The van der Waals surface area contributed by atoms with Gasteiger partial charge in [-0.15, -0.1) is 0 Å². The van der Waals surface area contributed by atoms with Gasteiger partial charge < -0.3 is 15.7 Å². The lowest BCUT2D eigenvalue weighted by molar-refractivity contribution is -0.136. The summed E-state index contributed by atoms with van der Waals surface area (Å²) in [5.74, 6) is -0.695. The number of carboxylic acid groups (broad SMARTS) is 1. The summed E-state index contributed by atoms with van der Waals surface area (Å²) in [6.07, 6.45) is 6.17. The van der Waals surface area contributed by atoms with Gasteiger partial charge in [0.25, 0.3) is 5.91 Å². The summed E-state index contributed by atoms with van der Waals surface area (Å²) in [4.78, 5) is 38.0. The molecule has 0 spiro atoms. The number of rotatable bonds is 10. The van der Waals surface area contributed by atoms with E-state index in [1.165, 1.54) is 37.7 Å². The van der Waals surface area contributed by atoms with Crippen LogP contribution in [-0.4, -0.2) is 29.6 Å². The number of carbonyl (C=O) groups excluding carboxylic acids is 2. The van der Waals surface area contributed by atoms with E-state index in [9.17, 15) is 14.4 Å². The Balaban J connectivity index is 1.47. The fourth-order valence-corrected chi connectivity index (χ4v) is 4.84. The fraction of sp³-hybridized carbons (Fsp3) is 0.323. The first-order valence-electron chi connectivity index (χ1n) is 13.3. The summed E-state index contributed by atoms with van der Waals surface area (Å²) in [5, 5.41) is 14.4. The van der Waals surface area contributed by atoms with Crippen molar-refractivity contribution in [3.8, 4) is 0 Å². The van der Waals surface area contributed by atoms with Crippen LogP contribution in [0.1, 0.15) is 71.5 Å². The van der Waals surface area contributed by atoms with E-state index in [2.05, 4.69) is 22.8 Å². The van der Waals surface area contributed by atoms with E-state index in [-0.39, 0.29) is 24.9 Å². The monoisotopic (exact) mass is 513 g/mol. The zero-order valence-electron chi connectivity index (χ0n) is 21.6. The van der Waals surface area contributed by atoms with Crippen molar-refractivity contribution >= 4 is 23.6 Å². The van der Waals surface area contributed by atoms with Crippen molar-refractivity contribution in [2.75, 3.05) is 11.4 Å². The van der Waals surface area contributed by atoms with Crippen molar-refractivity contribution < 1.29 is 19.5 Å². The molecule has 3 aromatic rings. The van der Waals surface area contributed by atoms with Gasteiger partial charge in [-0.1, -0.05) is 73.9 Å². The molecule has 1 fully saturated rings. The topological polar surface area (TPSA) is 98.7 Å². The Hall–Kier alpha value is -4.13. The van der Waals surface area contributed by atoms with Crippen LogP contribution in [0.15, 0.2) is 78.9 Å². The molecule has 0 unspecified atom stereocenters. The van der Waals surface area contributed by atoms with Gasteiger partial charge in [-0.05, 0) is 59.7 Å². The highest BCUT2D eigenvalue weighted by Gasteiger charge is 2.19. The molecule has 3 aromatic carbocycles. The van der Waals surface area contributed by atoms with Crippen LogP contribution in [0.25, 0.3) is 0 Å². The number of nitrogens with zero attached hydrogens (tertiary/aromatic N) is 1. The molecule has 1 aliphatic rings. The predicted molar refractivity (Wildman–Crippen MR) is 148 cm³/mol. The molecule has 0 bridgehead atoms. The summed E-state index contributed by atoms with van der Waals surface area (Å²) < 4.78 is 0. The van der Waals surface area contributed by atoms with Crippen LogP contribution in [0.4, 0.5) is 10.5 Å². The molecule has 0 aromatic heterocycles. The maximum absolute atomic E-state index is 13.4. The summed E-state index contributed by atoms with van der Waals surface area (Å²) in [7, 11) is 0. The molecule has 0 saturated heterocycles. The SMILES string of the molecule is O=C(O)CCNC(=O)c1ccc(CN(C(=O)NCc2ccccc2)c2ccc(C3CCCCC3)cc2)cc1. The molecule has 4 rings (SSSR count). The summed E-state index contributed by atoms with van der Waals surface area (Å²) in [5.41, 5.74) is 4.48. The number of urea groups is 1. The third-order valence-corrected chi connectivity index (χ3v) is 6.99. The predicted octanol–water partition coefficient (Wildman–Crippen LogP) is 5.86. The molecule has 1 aliphatic carbocycles. The van der Waals surface area contributed by atoms with E-state index in [1.54, 1.807) is 17.0 Å². The van der Waals surface area contributed by atoms with Gasteiger partial charge >= 0.3 is 12.0 Å². The van der Waals surface area contributed by atoms with E-state index >= 15 is 0 Å². The highest BCUT2D eigenvalue weighted by Crippen LogP contribution is 2.33. The van der Waals surface area contributed by atoms with Crippen molar-refractivity contribution in [1.29, 1.82) is 0 Å². The van der Waals surface area contributed by atoms with E-state index < -0.39 is 5.97 Å². The molecule has 1 saturated carbocycles. The van der Waals surface area contributed by atoms with Gasteiger partial charge in [-0.2, -0.15) is 0 Å². The first kappa shape index (κ1) is 26.9. The molecule has 198 valence electrons. The lowest BCUT2D eigenvalue weighted by Gasteiger charge is -2.26. The van der Waals surface area contributed by atoms with Crippen LogP contribution in [0.5, 0.6) is 0 Å². The van der Waals surface area contributed by atoms with Crippen LogP contribution in [0.3, 0.4) is 0 Å². The van der Waals surface area contributed by atoms with Crippen molar-refractivity contribution in [3.05, 3.63) is 101 Å². The van der Waals surface area contributed by atoms with E-state index in [0.717, 1.165) is 16.8 Å². The van der Waals surface area contributed by atoms with Gasteiger partial charge in [-0.3, -0.25) is 14.5 Å². The second-order valence-corrected chi connectivity index (χ2v) is 9.75. The Morgan fingerprint density at radius 3 is 2.13 bits per heavy atom. The number of aliphatic carboxylic acids is 1. The number of hydrogen-bond donors (Lipinski definition) is 3. The second kappa shape index (κ2) is 13.4. The number of nitrogens with one attached hydrogen (secondary N) is 2. The van der Waals surface area contributed by atoms with Crippen LogP contribution in [-0.2, 0) is 17.9 Å². The highest BCUT2D eigenvalue weighted by atomic mass is 16.4. The molecule has 7 nitrogen and oxygen atoms in total. The lowest BCUT2D eigenvalue weighted by Crippen LogP contribution is -2.39. The minimum atomic E-state index is -0.960. The maximum Gasteiger partial charge on any atom is 0.322 e. The first-order valence-corrected chi connectivity index (χ1v) is 13.3. The van der Waals surface area contributed by atoms with Crippen LogP contribution in [0, 0.1) is 0 Å². The Bertz CT molecular complexity index is 1200. The second-order valence-electron chi connectivity index (χ2n) is 9.75. The molecular weight excluding hydrogens is 478 g/mol. The van der Waals surface area contributed by atoms with Gasteiger partial charge in [0.2, 0.25) is 0 Å². The molecule has 0 aliphatic heterocycles. The molecule has 3 N–H and O–H groups in total. The van der Waals surface area contributed by atoms with E-state index in [1.807, 2.05) is 54.6 Å². The number of amides is 3. The lowest BCUT2D eigenvalue weighted by atomic mass is 9.84. The molecule has 0 heterocycles. The maximum atomic E-state index is 13.4. The average Bonchev–Trinajstić information content (AvgIpc) is 2.96. The van der Waals surface area contributed by atoms with Crippen molar-refractivity contribution in [2.45, 2.75) is 57.5 Å². The zero-order chi connectivity index (χ0) is 26.7. The highest BCUT2D eigenvalue weighted by molar-refractivity contribution is 5.94. The number of hydrogen-bond acceptors (Lipinski definition) is 3. The van der Waals surface area contributed by atoms with Crippen molar-refractivity contribution in [2.24, 2.45) is 0 Å². The fourth-order valence-electron chi connectivity index (χ4n) is 4.84. The molecule has 0 atom stereocenters. The number of benzene rings is 3. The summed E-state index contributed by atoms with van der Waals surface area (Å²) >= 11 is 0. The van der Waals surface area contributed by atoms with Gasteiger partial charge in [0, 0.05) is 24.3 Å². The zero-order valence-corrected chi connectivity index (χ0v) is 21.6. The quantitative estimate of drug-likeness (QED) is 0.316. The van der Waals surface area contributed by atoms with Crippen molar-refractivity contribution in [1.82, 2.24) is 10.6 Å². The summed E-state index contributed by atoms with van der Waals surface area (Å²) in [6, 6.07) is 25.0. The van der Waals surface area contributed by atoms with Crippen LogP contribution in [0.2, 0.25) is 0 Å². The Morgan fingerprint density at radius 1 is 0.789 bits per heavy atom. The van der Waals surface area contributed by atoms with Gasteiger partial charge in [-0.25, -0.2) is 4.79 Å². The Morgan fingerprint density at radius 2 is 1.47 bits per heavy atom. The largest absolute Gasteiger partial charge is 0.481 e. The van der Waals surface area contributed by atoms with Crippen molar-refractivity contribution in [3.63, 3.8) is 0 Å². The van der Waals surface area contributed by atoms with E-state index in [0.29, 0.717) is 24.6 Å². The molecule has 3 amide bonds. The minimum absolute atomic E-state index is 0.0716. The average molecular weight is 514 g/mol. The Labute approximate surface area is 223 Å². The number of carboxylic acids is 1. The molecule has 38 heavy (non-hydrogen) atoms. The first-order chi connectivity index (χ1) is 18.5. The summed E-state index contributed by atoms with van der Waals surface area (Å²) in [6.45, 7) is 0.832. The van der Waals surface area contributed by atoms with Gasteiger partial charge in [0.1, 0.15) is 0 Å².